The summed E-state index contributed by atoms with van der Waals surface area (Å²) in [5, 5.41) is 0. The number of nitrogens with one attached hydrogen (secondary N) is 1. The Kier molecular flexibility index (Phi) is 7.46. The van der Waals surface area contributed by atoms with E-state index in [-0.39, 0.29) is 5.75 Å². The van der Waals surface area contributed by atoms with Crippen LogP contribution in [0.25, 0.3) is 0 Å². The normalized spacial score (nSPS) is 15.4. The lowest BCUT2D eigenvalue weighted by Gasteiger charge is -2.36. The van der Waals surface area contributed by atoms with E-state index in [1.807, 2.05) is 18.2 Å². The van der Waals surface area contributed by atoms with Crippen LogP contribution in [0.5, 0.6) is 0 Å². The molecule has 0 saturated carbocycles. The summed E-state index contributed by atoms with van der Waals surface area (Å²) in [5.74, 6) is -0.628. The number of carbonyl (C=O) groups excluding carboxylic acids is 1. The molecule has 174 valence electrons. The molecule has 32 heavy (non-hydrogen) atoms. The Balaban J connectivity index is 1.90. The Bertz CT molecular complexity index is 1020. The maximum atomic E-state index is 13.0. The smallest absolute Gasteiger partial charge is 0.338 e. The van der Waals surface area contributed by atoms with E-state index in [1.54, 1.807) is 51.1 Å². The fraction of sp³-hybridized carbons (Fsp3) is 0.458. The Morgan fingerprint density at radius 3 is 2.28 bits per heavy atom. The summed E-state index contributed by atoms with van der Waals surface area (Å²) >= 11 is 0. The summed E-state index contributed by atoms with van der Waals surface area (Å²) in [6, 6.07) is 14.1. The minimum atomic E-state index is -3.68. The molecule has 0 unspecified atom stereocenters. The molecule has 1 aliphatic heterocycles. The van der Waals surface area contributed by atoms with Gasteiger partial charge in [-0.2, -0.15) is 0 Å². The van der Waals surface area contributed by atoms with Gasteiger partial charge in [0, 0.05) is 26.2 Å². The Morgan fingerprint density at radius 1 is 1.03 bits per heavy atom. The van der Waals surface area contributed by atoms with Gasteiger partial charge in [0.25, 0.3) is 0 Å². The number of piperazine rings is 1. The van der Waals surface area contributed by atoms with E-state index in [0.29, 0.717) is 16.8 Å². The number of esters is 1. The lowest BCUT2D eigenvalue weighted by Crippen LogP contribution is -2.46. The van der Waals surface area contributed by atoms with Gasteiger partial charge in [0.15, 0.2) is 0 Å². The first-order chi connectivity index (χ1) is 15.1. The van der Waals surface area contributed by atoms with Crippen molar-refractivity contribution in [3.05, 3.63) is 59.7 Å². The third kappa shape index (κ3) is 6.71. The highest BCUT2D eigenvalue weighted by atomic mass is 32.2. The Hall–Kier alpha value is -2.58. The molecule has 0 bridgehead atoms. The molecule has 1 fully saturated rings. The second-order valence-electron chi connectivity index (χ2n) is 9.00. The number of rotatable bonds is 7. The summed E-state index contributed by atoms with van der Waals surface area (Å²) < 4.78 is 34.1. The summed E-state index contributed by atoms with van der Waals surface area (Å²) in [6.07, 6.45) is 0. The van der Waals surface area contributed by atoms with Crippen LogP contribution in [0.2, 0.25) is 0 Å². The molecule has 0 aliphatic carbocycles. The van der Waals surface area contributed by atoms with Gasteiger partial charge in [0.2, 0.25) is 10.0 Å². The number of carbonyl (C=O) groups is 1. The molecule has 3 rings (SSSR count). The van der Waals surface area contributed by atoms with E-state index in [2.05, 4.69) is 21.4 Å². The molecular weight excluding hydrogens is 426 g/mol. The van der Waals surface area contributed by atoms with Gasteiger partial charge in [0.1, 0.15) is 5.60 Å². The zero-order valence-corrected chi connectivity index (χ0v) is 20.1. The third-order valence-corrected chi connectivity index (χ3v) is 6.50. The van der Waals surface area contributed by atoms with Crippen molar-refractivity contribution in [2.45, 2.75) is 39.0 Å². The fourth-order valence-corrected chi connectivity index (χ4v) is 4.86. The second-order valence-corrected chi connectivity index (χ2v) is 10.7. The topological polar surface area (TPSA) is 79.0 Å². The van der Waals surface area contributed by atoms with Crippen molar-refractivity contribution >= 4 is 27.4 Å². The SMILES string of the molecule is CCN1CCN(c2ccc(C(=O)OC(C)(C)C)cc2NS(=O)(=O)Cc2ccccc2)CC1. The molecule has 0 spiro atoms. The van der Waals surface area contributed by atoms with E-state index in [0.717, 1.165) is 38.4 Å². The van der Waals surface area contributed by atoms with Gasteiger partial charge in [-0.15, -0.1) is 0 Å². The molecule has 8 heteroatoms. The number of anilines is 2. The molecule has 1 N–H and O–H groups in total. The minimum Gasteiger partial charge on any atom is -0.456 e. The highest BCUT2D eigenvalue weighted by Gasteiger charge is 2.24. The van der Waals surface area contributed by atoms with Crippen LogP contribution >= 0.6 is 0 Å². The average molecular weight is 460 g/mol. The van der Waals surface area contributed by atoms with Crippen LogP contribution in [0.15, 0.2) is 48.5 Å². The molecule has 7 nitrogen and oxygen atoms in total. The van der Waals surface area contributed by atoms with E-state index in [4.69, 9.17) is 4.74 Å². The third-order valence-electron chi connectivity index (χ3n) is 5.26. The van der Waals surface area contributed by atoms with E-state index in [9.17, 15) is 13.2 Å². The number of benzene rings is 2. The first-order valence-electron chi connectivity index (χ1n) is 11.0. The van der Waals surface area contributed by atoms with Gasteiger partial charge in [-0.05, 0) is 51.1 Å². The molecule has 2 aromatic rings. The van der Waals surface area contributed by atoms with Crippen molar-refractivity contribution in [1.82, 2.24) is 4.90 Å². The standard InChI is InChI=1S/C24H33N3O4S/c1-5-26-13-15-27(16-14-26)22-12-11-20(23(28)31-24(2,3)4)17-21(22)25-32(29,30)18-19-9-7-6-8-10-19/h6-12,17,25H,5,13-16,18H2,1-4H3. The van der Waals surface area contributed by atoms with Gasteiger partial charge in [-0.3, -0.25) is 4.72 Å². The largest absolute Gasteiger partial charge is 0.456 e. The number of sulfonamides is 1. The average Bonchev–Trinajstić information content (AvgIpc) is 2.72. The van der Waals surface area contributed by atoms with Crippen molar-refractivity contribution in [3.8, 4) is 0 Å². The summed E-state index contributed by atoms with van der Waals surface area (Å²) in [7, 11) is -3.68. The van der Waals surface area contributed by atoms with Crippen LogP contribution in [-0.4, -0.2) is 57.6 Å². The van der Waals surface area contributed by atoms with Crippen molar-refractivity contribution < 1.29 is 17.9 Å². The van der Waals surface area contributed by atoms with Gasteiger partial charge in [-0.1, -0.05) is 37.3 Å². The lowest BCUT2D eigenvalue weighted by atomic mass is 10.1. The molecular formula is C24H33N3O4S. The second kappa shape index (κ2) is 9.92. The van der Waals surface area contributed by atoms with Gasteiger partial charge >= 0.3 is 5.97 Å². The van der Waals surface area contributed by atoms with Gasteiger partial charge < -0.3 is 14.5 Å². The number of hydrogen-bond donors (Lipinski definition) is 1. The number of hydrogen-bond acceptors (Lipinski definition) is 6. The van der Waals surface area contributed by atoms with Gasteiger partial charge in [0.05, 0.1) is 22.7 Å². The first-order valence-corrected chi connectivity index (χ1v) is 12.6. The van der Waals surface area contributed by atoms with E-state index >= 15 is 0 Å². The van der Waals surface area contributed by atoms with Crippen LogP contribution in [0.4, 0.5) is 11.4 Å². The monoisotopic (exact) mass is 459 g/mol. The predicted octanol–water partition coefficient (Wildman–Crippen LogP) is 3.73. The lowest BCUT2D eigenvalue weighted by molar-refractivity contribution is 0.00695. The zero-order valence-electron chi connectivity index (χ0n) is 19.3. The van der Waals surface area contributed by atoms with Crippen molar-refractivity contribution in [2.24, 2.45) is 0 Å². The molecule has 1 heterocycles. The zero-order chi connectivity index (χ0) is 23.4. The Morgan fingerprint density at radius 2 is 1.69 bits per heavy atom. The van der Waals surface area contributed by atoms with E-state index < -0.39 is 21.6 Å². The molecule has 1 saturated heterocycles. The fourth-order valence-electron chi connectivity index (χ4n) is 3.66. The number of nitrogens with zero attached hydrogens (tertiary/aromatic N) is 2. The maximum Gasteiger partial charge on any atom is 0.338 e. The van der Waals surface area contributed by atoms with Crippen molar-refractivity contribution in [1.29, 1.82) is 0 Å². The van der Waals surface area contributed by atoms with Crippen molar-refractivity contribution in [3.63, 3.8) is 0 Å². The minimum absolute atomic E-state index is 0.145. The molecule has 0 radical (unpaired) electrons. The van der Waals surface area contributed by atoms with Crippen LogP contribution < -0.4 is 9.62 Å². The molecule has 0 atom stereocenters. The summed E-state index contributed by atoms with van der Waals surface area (Å²) in [6.45, 7) is 11.9. The van der Waals surface area contributed by atoms with Crippen LogP contribution in [0, 0.1) is 0 Å². The van der Waals surface area contributed by atoms with Crippen molar-refractivity contribution in [2.75, 3.05) is 42.3 Å². The maximum absolute atomic E-state index is 13.0. The number of likely N-dealkylation sites (N-methyl/N-ethyl adjacent to an activating group) is 1. The van der Waals surface area contributed by atoms with Crippen LogP contribution in [0.3, 0.4) is 0 Å². The van der Waals surface area contributed by atoms with Crippen LogP contribution in [-0.2, 0) is 20.5 Å². The molecule has 0 aromatic heterocycles. The highest BCUT2D eigenvalue weighted by molar-refractivity contribution is 7.91. The quantitative estimate of drug-likeness (QED) is 0.636. The van der Waals surface area contributed by atoms with Gasteiger partial charge in [-0.25, -0.2) is 13.2 Å². The summed E-state index contributed by atoms with van der Waals surface area (Å²) in [4.78, 5) is 17.1. The molecule has 2 aromatic carbocycles. The first kappa shape index (κ1) is 24.1. The van der Waals surface area contributed by atoms with E-state index in [1.165, 1.54) is 0 Å². The predicted molar refractivity (Wildman–Crippen MR) is 129 cm³/mol. The molecule has 1 aliphatic rings. The van der Waals surface area contributed by atoms with Crippen LogP contribution in [0.1, 0.15) is 43.6 Å². The Labute approximate surface area is 191 Å². The highest BCUT2D eigenvalue weighted by Crippen LogP contribution is 2.30. The molecule has 0 amide bonds. The summed E-state index contributed by atoms with van der Waals surface area (Å²) in [5.41, 5.74) is 1.53. The number of ether oxygens (including phenoxy) is 1.